The van der Waals surface area contributed by atoms with Gasteiger partial charge in [-0.1, -0.05) is 77.5 Å². The van der Waals surface area contributed by atoms with Crippen LogP contribution in [0.15, 0.2) is 170 Å². The van der Waals surface area contributed by atoms with Crippen LogP contribution in [0, 0.1) is 6.08 Å². The first kappa shape index (κ1) is 37.8. The van der Waals surface area contributed by atoms with Gasteiger partial charge in [0.1, 0.15) is 0 Å². The van der Waals surface area contributed by atoms with Crippen molar-refractivity contribution >= 4 is 91.0 Å². The molecule has 0 bridgehead atoms. The Morgan fingerprint density at radius 1 is 0.500 bits per heavy atom. The molecule has 0 saturated carbocycles. The van der Waals surface area contributed by atoms with Gasteiger partial charge in [-0.15, -0.1) is 40.1 Å². The summed E-state index contributed by atoms with van der Waals surface area (Å²) in [6.07, 6.45) is 10.0. The van der Waals surface area contributed by atoms with Crippen molar-refractivity contribution in [1.29, 1.82) is 0 Å². The molecule has 5 heteroatoms. The molecule has 0 fully saturated rings. The van der Waals surface area contributed by atoms with E-state index in [1.807, 2.05) is 36.4 Å². The average Bonchev–Trinajstić information content (AvgIpc) is 3.88. The van der Waals surface area contributed by atoms with E-state index in [-0.39, 0.29) is 24.8 Å². The van der Waals surface area contributed by atoms with E-state index in [2.05, 4.69) is 140 Å². The zero-order valence-corrected chi connectivity index (χ0v) is 33.4. The summed E-state index contributed by atoms with van der Waals surface area (Å²) in [5, 5.41) is 17.0. The SMILES string of the molecule is Clc1cccc2c([C](=[Zr+2])c3cccc4c(Cl)cccc34)cccc12.[C-]1=CC=CC1.[Cl-].[Cl-].c1ccc2c(c1)[cH-]c1c3ccccc3c3ccccc3c21. The fourth-order valence-corrected chi connectivity index (χ4v) is 8.63. The van der Waals surface area contributed by atoms with Gasteiger partial charge >= 0.3 is 166 Å². The predicted octanol–water partition coefficient (Wildman–Crippen LogP) is 7.75. The quantitative estimate of drug-likeness (QED) is 0.124. The number of allylic oxidation sites excluding steroid dienone is 4. The summed E-state index contributed by atoms with van der Waals surface area (Å²) in [6, 6.07) is 53.3. The minimum atomic E-state index is 0. The molecule has 0 radical (unpaired) electrons. The van der Waals surface area contributed by atoms with Crippen molar-refractivity contribution in [2.45, 2.75) is 6.42 Å². The molecule has 1 aliphatic rings. The van der Waals surface area contributed by atoms with Gasteiger partial charge in [0.2, 0.25) is 0 Å². The third-order valence-corrected chi connectivity index (χ3v) is 11.3. The van der Waals surface area contributed by atoms with Crippen molar-refractivity contribution in [3.05, 3.63) is 197 Å². The van der Waals surface area contributed by atoms with Crippen molar-refractivity contribution < 1.29 is 49.0 Å². The summed E-state index contributed by atoms with van der Waals surface area (Å²) in [6.45, 7) is 0. The maximum Gasteiger partial charge on any atom is -0.0255 e. The van der Waals surface area contributed by atoms with Gasteiger partial charge in [0.05, 0.1) is 0 Å². The Hall–Kier alpha value is -3.94. The maximum atomic E-state index is 6.38. The smallest absolute Gasteiger partial charge is 0.0255 e. The monoisotopic (exact) mass is 824 g/mol. The van der Waals surface area contributed by atoms with Crippen LogP contribution in [-0.4, -0.2) is 3.21 Å². The van der Waals surface area contributed by atoms with Crippen LogP contribution < -0.4 is 24.8 Å². The second-order valence-corrected chi connectivity index (χ2v) is 14.3. The van der Waals surface area contributed by atoms with Gasteiger partial charge < -0.3 is 24.8 Å². The molecule has 1 aliphatic carbocycles. The Balaban J connectivity index is 0.000000153. The van der Waals surface area contributed by atoms with Crippen LogP contribution in [0.1, 0.15) is 17.5 Å². The van der Waals surface area contributed by atoms with Gasteiger partial charge in [-0.05, 0) is 10.8 Å². The van der Waals surface area contributed by atoms with Gasteiger partial charge in [-0.2, -0.15) is 6.08 Å². The molecule has 0 amide bonds. The normalized spacial score (nSPS) is 11.6. The fraction of sp³-hybridized carbons (Fsp3) is 0.0213. The summed E-state index contributed by atoms with van der Waals surface area (Å²) in [4.78, 5) is 0. The van der Waals surface area contributed by atoms with Crippen LogP contribution in [0.3, 0.4) is 0 Å². The maximum absolute atomic E-state index is 6.38. The van der Waals surface area contributed by atoms with Crippen LogP contribution in [0.2, 0.25) is 10.0 Å². The van der Waals surface area contributed by atoms with Crippen molar-refractivity contribution in [3.63, 3.8) is 0 Å². The minimum absolute atomic E-state index is 0. The summed E-state index contributed by atoms with van der Waals surface area (Å²) in [7, 11) is 0. The van der Waals surface area contributed by atoms with Gasteiger partial charge in [-0.25, -0.2) is 12.2 Å². The molecule has 0 saturated heterocycles. The fourth-order valence-electron chi connectivity index (χ4n) is 7.08. The number of hydrogen-bond acceptors (Lipinski definition) is 0. The average molecular weight is 828 g/mol. The van der Waals surface area contributed by atoms with Crippen molar-refractivity contribution in [1.82, 2.24) is 0 Å². The number of fused-ring (bicyclic) bond motifs is 10. The first-order valence-corrected chi connectivity index (χ1v) is 18.6. The number of benzene rings is 8. The van der Waals surface area contributed by atoms with Crippen molar-refractivity contribution in [2.24, 2.45) is 0 Å². The molecule has 0 aromatic heterocycles. The molecule has 9 aromatic rings. The van der Waals surface area contributed by atoms with Crippen LogP contribution in [0.25, 0.3) is 64.6 Å². The minimum Gasteiger partial charge on any atom is -1.00 e. The first-order valence-electron chi connectivity index (χ1n) is 16.6. The topological polar surface area (TPSA) is 0 Å². The van der Waals surface area contributed by atoms with E-state index in [1.165, 1.54) is 92.4 Å². The molecule has 52 heavy (non-hydrogen) atoms. The van der Waals surface area contributed by atoms with Gasteiger partial charge in [-0.3, -0.25) is 6.08 Å². The molecule has 0 unspecified atom stereocenters. The molecular weight excluding hydrogens is 798 g/mol. The van der Waals surface area contributed by atoms with E-state index >= 15 is 0 Å². The van der Waals surface area contributed by atoms with E-state index in [0.717, 1.165) is 27.2 Å². The standard InChI is InChI=1S/C21H12Cl2.C21H13.C5H5.2ClH.Zr/c22-20-11-3-7-16-14(5-1-9-18(16)20)13-15-6-2-10-19-17(15)8-4-12-21(19)23;1-2-8-15-14(7-1)13-20-18-11-4-3-9-16(18)17-10-5-6-12-19(17)21(15)20;1-2-4-5-3-1;;;/h1-12H;1-13H;1-3H,4H2;2*1H;/q;2*-1;;;+2/p-2. The largest absolute Gasteiger partial charge is 1.00 e. The Morgan fingerprint density at radius 3 is 1.50 bits per heavy atom. The van der Waals surface area contributed by atoms with Crippen LogP contribution >= 0.6 is 23.2 Å². The predicted molar refractivity (Wildman–Crippen MR) is 215 cm³/mol. The molecule has 9 aromatic carbocycles. The molecule has 10 rings (SSSR count). The first-order chi connectivity index (χ1) is 24.6. The second-order valence-electron chi connectivity index (χ2n) is 12.3. The van der Waals surface area contributed by atoms with Crippen LogP contribution in [-0.2, 0) is 24.2 Å². The summed E-state index contributed by atoms with van der Waals surface area (Å²) >= 11 is 14.1. The number of hydrogen-bond donors (Lipinski definition) is 0. The van der Waals surface area contributed by atoms with E-state index in [0.29, 0.717) is 0 Å². The third-order valence-electron chi connectivity index (χ3n) is 9.37. The van der Waals surface area contributed by atoms with E-state index < -0.39 is 0 Å². The third kappa shape index (κ3) is 7.19. The van der Waals surface area contributed by atoms with Crippen molar-refractivity contribution in [3.8, 4) is 0 Å². The van der Waals surface area contributed by atoms with Crippen molar-refractivity contribution in [2.75, 3.05) is 0 Å². The van der Waals surface area contributed by atoms with E-state index in [4.69, 9.17) is 23.2 Å². The Kier molecular flexibility index (Phi) is 12.2. The Bertz CT molecular complexity index is 2690. The molecular formula is C47H30Cl4Zr-2. The number of rotatable bonds is 2. The summed E-state index contributed by atoms with van der Waals surface area (Å²) in [5.41, 5.74) is 2.47. The Morgan fingerprint density at radius 2 is 0.962 bits per heavy atom. The molecule has 252 valence electrons. The number of halogens is 4. The Labute approximate surface area is 340 Å². The molecule has 0 atom stereocenters. The molecule has 0 nitrogen and oxygen atoms in total. The van der Waals surface area contributed by atoms with Crippen LogP contribution in [0.4, 0.5) is 0 Å². The molecule has 0 heterocycles. The summed E-state index contributed by atoms with van der Waals surface area (Å²) < 4.78 is 1.31. The zero-order chi connectivity index (χ0) is 34.0. The zero-order valence-electron chi connectivity index (χ0n) is 27.9. The van der Waals surface area contributed by atoms with E-state index in [9.17, 15) is 0 Å². The molecule has 0 N–H and O–H groups in total. The molecule has 0 spiro atoms. The van der Waals surface area contributed by atoms with Gasteiger partial charge in [0, 0.05) is 0 Å². The van der Waals surface area contributed by atoms with E-state index in [1.54, 1.807) is 0 Å². The molecule has 0 aliphatic heterocycles. The van der Waals surface area contributed by atoms with Crippen LogP contribution in [0.5, 0.6) is 0 Å². The summed E-state index contributed by atoms with van der Waals surface area (Å²) in [5.74, 6) is 0. The second kappa shape index (κ2) is 16.8. The van der Waals surface area contributed by atoms with Gasteiger partial charge in [0.15, 0.2) is 0 Å². The van der Waals surface area contributed by atoms with Gasteiger partial charge in [0.25, 0.3) is 0 Å².